The van der Waals surface area contributed by atoms with Crippen molar-refractivity contribution in [3.8, 4) is 0 Å². The van der Waals surface area contributed by atoms with E-state index in [1.54, 1.807) is 0 Å². The maximum absolute atomic E-state index is 9.98. The van der Waals surface area contributed by atoms with Gasteiger partial charge in [-0.15, -0.1) is 0 Å². The molecule has 1 aromatic carbocycles. The fourth-order valence-electron chi connectivity index (χ4n) is 0.940. The van der Waals surface area contributed by atoms with Gasteiger partial charge in [-0.3, -0.25) is 9.35 Å². The third-order valence-electron chi connectivity index (χ3n) is 1.73. The van der Waals surface area contributed by atoms with Gasteiger partial charge in [0.1, 0.15) is 0 Å². The molecule has 0 fully saturated rings. The van der Waals surface area contributed by atoms with E-state index < -0.39 is 21.8 Å². The highest BCUT2D eigenvalue weighted by atomic mass is 32.2. The van der Waals surface area contributed by atoms with Gasteiger partial charge in [0.05, 0.1) is 5.75 Å². The molecule has 0 atom stereocenters. The number of hydrogen-bond donors (Lipinski definition) is 2. The number of hydrogen-bond acceptors (Lipinski definition) is 3. The number of carboxylic acids is 1. The number of carboxylic acid groups (broad SMARTS) is 1. The van der Waals surface area contributed by atoms with Crippen molar-refractivity contribution in [3.63, 3.8) is 0 Å². The molecule has 0 aromatic heterocycles. The first-order valence-electron chi connectivity index (χ1n) is 5.00. The predicted octanol–water partition coefficient (Wildman–Crippen LogP) is 1.73. The molecule has 0 unspecified atom stereocenters. The summed E-state index contributed by atoms with van der Waals surface area (Å²) in [6, 6.07) is 10.3. The normalized spacial score (nSPS) is 10.2. The minimum Gasteiger partial charge on any atom is -0.481 e. The Balaban J connectivity index is 0.000000318. The van der Waals surface area contributed by atoms with Crippen LogP contribution in [0.15, 0.2) is 30.3 Å². The molecular weight excluding hydrogens is 244 g/mol. The summed E-state index contributed by atoms with van der Waals surface area (Å²) in [6.45, 7) is 2.08. The van der Waals surface area contributed by atoms with Crippen LogP contribution in [-0.4, -0.2) is 29.8 Å². The van der Waals surface area contributed by atoms with Crippen LogP contribution in [0.2, 0.25) is 0 Å². The van der Waals surface area contributed by atoms with Gasteiger partial charge in [-0.2, -0.15) is 8.42 Å². The van der Waals surface area contributed by atoms with Crippen molar-refractivity contribution in [1.29, 1.82) is 0 Å². The second-order valence-corrected chi connectivity index (χ2v) is 5.01. The van der Waals surface area contributed by atoms with Crippen LogP contribution in [-0.2, 0) is 14.9 Å². The van der Waals surface area contributed by atoms with Gasteiger partial charge in [-0.05, 0) is 13.3 Å². The Bertz CT molecular complexity index is 424. The van der Waals surface area contributed by atoms with E-state index in [0.717, 1.165) is 0 Å². The largest absolute Gasteiger partial charge is 0.481 e. The Hall–Kier alpha value is -1.40. The van der Waals surface area contributed by atoms with E-state index in [4.69, 9.17) is 9.66 Å². The minimum absolute atomic E-state index is 0.0475. The molecule has 1 aromatic rings. The van der Waals surface area contributed by atoms with E-state index in [1.807, 2.05) is 18.2 Å². The van der Waals surface area contributed by atoms with Gasteiger partial charge >= 0.3 is 5.97 Å². The smallest absolute Gasteiger partial charge is 0.303 e. The molecule has 0 amide bonds. The second-order valence-electron chi connectivity index (χ2n) is 3.44. The number of aliphatic carboxylic acids is 1. The zero-order valence-corrected chi connectivity index (χ0v) is 10.4. The van der Waals surface area contributed by atoms with E-state index in [0.29, 0.717) is 0 Å². The molecule has 5 nitrogen and oxygen atoms in total. The zero-order chi connectivity index (χ0) is 13.3. The van der Waals surface area contributed by atoms with Crippen LogP contribution in [0.4, 0.5) is 0 Å². The first-order valence-corrected chi connectivity index (χ1v) is 6.61. The summed E-state index contributed by atoms with van der Waals surface area (Å²) >= 11 is 0. The van der Waals surface area contributed by atoms with E-state index in [9.17, 15) is 13.2 Å². The summed E-state index contributed by atoms with van der Waals surface area (Å²) in [5.41, 5.74) is 1.32. The summed E-state index contributed by atoms with van der Waals surface area (Å²) in [6.07, 6.45) is -0.284. The molecular formula is C11H16O5S. The Kier molecular flexibility index (Phi) is 7.16. The molecule has 0 saturated heterocycles. The van der Waals surface area contributed by atoms with Crippen molar-refractivity contribution in [2.75, 3.05) is 5.75 Å². The van der Waals surface area contributed by atoms with Gasteiger partial charge in [-0.25, -0.2) is 0 Å². The molecule has 0 spiro atoms. The van der Waals surface area contributed by atoms with Crippen molar-refractivity contribution in [2.45, 2.75) is 19.8 Å². The second kappa shape index (κ2) is 7.81. The maximum Gasteiger partial charge on any atom is 0.303 e. The minimum atomic E-state index is -3.98. The lowest BCUT2D eigenvalue weighted by Crippen LogP contribution is -2.06. The molecule has 1 rings (SSSR count). The van der Waals surface area contributed by atoms with Crippen molar-refractivity contribution >= 4 is 16.1 Å². The molecule has 0 bridgehead atoms. The summed E-state index contributed by atoms with van der Waals surface area (Å²) in [5, 5.41) is 8.03. The monoisotopic (exact) mass is 260 g/mol. The van der Waals surface area contributed by atoms with E-state index in [2.05, 4.69) is 19.1 Å². The van der Waals surface area contributed by atoms with Crippen molar-refractivity contribution in [1.82, 2.24) is 0 Å². The van der Waals surface area contributed by atoms with E-state index in [1.165, 1.54) is 5.56 Å². The first kappa shape index (κ1) is 15.6. The molecule has 96 valence electrons. The number of benzene rings is 1. The van der Waals surface area contributed by atoms with Crippen LogP contribution in [0, 0.1) is 6.92 Å². The summed E-state index contributed by atoms with van der Waals surface area (Å²) < 4.78 is 28.1. The lowest BCUT2D eigenvalue weighted by molar-refractivity contribution is -0.137. The highest BCUT2D eigenvalue weighted by molar-refractivity contribution is 7.85. The van der Waals surface area contributed by atoms with Gasteiger partial charge < -0.3 is 5.11 Å². The van der Waals surface area contributed by atoms with Crippen LogP contribution in [0.1, 0.15) is 18.4 Å². The van der Waals surface area contributed by atoms with Crippen LogP contribution in [0.3, 0.4) is 0 Å². The number of aryl methyl sites for hydroxylation is 1. The molecule has 0 heterocycles. The molecule has 17 heavy (non-hydrogen) atoms. The van der Waals surface area contributed by atoms with Crippen LogP contribution < -0.4 is 0 Å². The van der Waals surface area contributed by atoms with Gasteiger partial charge in [-0.1, -0.05) is 35.9 Å². The molecule has 0 aliphatic heterocycles. The lowest BCUT2D eigenvalue weighted by Gasteiger charge is -1.92. The lowest BCUT2D eigenvalue weighted by atomic mass is 10.2. The van der Waals surface area contributed by atoms with E-state index >= 15 is 0 Å². The highest BCUT2D eigenvalue weighted by Gasteiger charge is 2.05. The molecule has 0 saturated carbocycles. The summed E-state index contributed by atoms with van der Waals surface area (Å²) in [5.74, 6) is -1.55. The van der Waals surface area contributed by atoms with Crippen LogP contribution >= 0.6 is 0 Å². The average Bonchev–Trinajstić information content (AvgIpc) is 2.17. The molecule has 0 aliphatic rings. The van der Waals surface area contributed by atoms with Gasteiger partial charge in [0, 0.05) is 6.42 Å². The van der Waals surface area contributed by atoms with Gasteiger partial charge in [0.25, 0.3) is 10.1 Å². The Labute approximate surface area is 101 Å². The zero-order valence-electron chi connectivity index (χ0n) is 9.54. The maximum atomic E-state index is 9.98. The third-order valence-corrected chi connectivity index (χ3v) is 2.54. The van der Waals surface area contributed by atoms with Crippen LogP contribution in [0.25, 0.3) is 0 Å². The SMILES string of the molecule is Cc1ccccc1.O=C(O)CCCS(=O)(=O)O. The third kappa shape index (κ3) is 12.5. The Morgan fingerprint density at radius 2 is 1.76 bits per heavy atom. The molecule has 6 heteroatoms. The Morgan fingerprint density at radius 1 is 1.24 bits per heavy atom. The number of carbonyl (C=O) groups is 1. The van der Waals surface area contributed by atoms with Gasteiger partial charge in [0.2, 0.25) is 0 Å². The predicted molar refractivity (Wildman–Crippen MR) is 64.5 cm³/mol. The molecule has 0 aliphatic carbocycles. The van der Waals surface area contributed by atoms with Crippen molar-refractivity contribution in [2.24, 2.45) is 0 Å². The average molecular weight is 260 g/mol. The summed E-state index contributed by atoms with van der Waals surface area (Å²) in [7, 11) is -3.98. The quantitative estimate of drug-likeness (QED) is 0.804. The van der Waals surface area contributed by atoms with Gasteiger partial charge in [0.15, 0.2) is 0 Å². The first-order chi connectivity index (χ1) is 7.81. The van der Waals surface area contributed by atoms with Crippen molar-refractivity contribution in [3.05, 3.63) is 35.9 Å². The fraction of sp³-hybridized carbons (Fsp3) is 0.364. The topological polar surface area (TPSA) is 91.7 Å². The molecule has 0 radical (unpaired) electrons. The highest BCUT2D eigenvalue weighted by Crippen LogP contribution is 1.93. The van der Waals surface area contributed by atoms with Crippen molar-refractivity contribution < 1.29 is 22.9 Å². The fourth-order valence-corrected chi connectivity index (χ4v) is 1.45. The number of rotatable bonds is 4. The van der Waals surface area contributed by atoms with Crippen LogP contribution in [0.5, 0.6) is 0 Å². The molecule has 2 N–H and O–H groups in total. The Morgan fingerprint density at radius 3 is 2.06 bits per heavy atom. The van der Waals surface area contributed by atoms with E-state index in [-0.39, 0.29) is 12.8 Å². The summed E-state index contributed by atoms with van der Waals surface area (Å²) in [4.78, 5) is 9.81. The standard InChI is InChI=1S/C7H8.C4H8O5S/c1-7-5-3-2-4-6-7;5-4(6)2-1-3-10(7,8)9/h2-6H,1H3;1-3H2,(H,5,6)(H,7,8,9).